The first-order valence-corrected chi connectivity index (χ1v) is 14.6. The van der Waals surface area contributed by atoms with Gasteiger partial charge >= 0.3 is 5.97 Å². The Morgan fingerprint density at radius 3 is 1.48 bits per heavy atom. The molecule has 4 heteroatoms. The van der Waals surface area contributed by atoms with Gasteiger partial charge in [-0.05, 0) is 25.7 Å². The second-order valence-electron chi connectivity index (χ2n) is 11.1. The fraction of sp³-hybridized carbons (Fsp3) is 0.966. The van der Waals surface area contributed by atoms with Crippen molar-refractivity contribution in [1.29, 1.82) is 0 Å². The molecule has 0 rings (SSSR count). The van der Waals surface area contributed by atoms with E-state index in [0.717, 1.165) is 56.1 Å². The van der Waals surface area contributed by atoms with E-state index in [1.54, 1.807) is 0 Å². The molecule has 0 saturated carbocycles. The fourth-order valence-electron chi connectivity index (χ4n) is 4.85. The first kappa shape index (κ1) is 32.4. The third-order valence-corrected chi connectivity index (χ3v) is 7.00. The van der Waals surface area contributed by atoms with Gasteiger partial charge in [0.2, 0.25) is 0 Å². The number of aliphatic hydroxyl groups is 1. The van der Waals surface area contributed by atoms with Crippen LogP contribution < -0.4 is 0 Å². The van der Waals surface area contributed by atoms with Gasteiger partial charge in [0.1, 0.15) is 12.6 Å². The highest BCUT2D eigenvalue weighted by Crippen LogP contribution is 2.15. The minimum Gasteiger partial charge on any atom is -0.481 e. The van der Waals surface area contributed by atoms with Crippen molar-refractivity contribution in [3.63, 3.8) is 0 Å². The molecule has 0 radical (unpaired) electrons. The summed E-state index contributed by atoms with van der Waals surface area (Å²) in [6.07, 6.45) is 27.1. The third kappa shape index (κ3) is 25.8. The molecule has 2 N–H and O–H groups in total. The number of unbranched alkanes of at least 4 members (excludes halogenated alkanes) is 18. The van der Waals surface area contributed by atoms with Crippen LogP contribution in [0.3, 0.4) is 0 Å². The number of aliphatic carboxylic acids is 1. The van der Waals surface area contributed by atoms with Crippen LogP contribution in [-0.2, 0) is 4.79 Å². The molecule has 0 saturated heterocycles. The monoisotopic (exact) mass is 470 g/mol. The molecule has 0 bridgehead atoms. The summed E-state index contributed by atoms with van der Waals surface area (Å²) in [6.45, 7) is 4.17. The quantitative estimate of drug-likeness (QED) is 0.0991. The van der Waals surface area contributed by atoms with Crippen molar-refractivity contribution < 1.29 is 19.5 Å². The van der Waals surface area contributed by atoms with Crippen LogP contribution in [0.5, 0.6) is 0 Å². The van der Waals surface area contributed by atoms with Crippen LogP contribution >= 0.6 is 0 Å². The predicted molar refractivity (Wildman–Crippen MR) is 143 cm³/mol. The van der Waals surface area contributed by atoms with Gasteiger partial charge in [-0.3, -0.25) is 4.79 Å². The van der Waals surface area contributed by atoms with E-state index in [4.69, 9.17) is 5.11 Å². The average Bonchev–Trinajstić information content (AvgIpc) is 2.75. The molecule has 0 spiro atoms. The molecule has 198 valence electrons. The van der Waals surface area contributed by atoms with Gasteiger partial charge in [0.15, 0.2) is 0 Å². The Hall–Kier alpha value is -0.610. The SMILES string of the molecule is CCCCCCCCCCCCCCCCCCC(O)C[N+](C)(C)CCCCCCC(=O)O. The summed E-state index contributed by atoms with van der Waals surface area (Å²) in [5.41, 5.74) is 0. The summed E-state index contributed by atoms with van der Waals surface area (Å²) < 4.78 is 0.860. The van der Waals surface area contributed by atoms with Gasteiger partial charge in [-0.2, -0.15) is 0 Å². The molecule has 0 aromatic carbocycles. The van der Waals surface area contributed by atoms with Crippen molar-refractivity contribution >= 4 is 5.97 Å². The number of aliphatic hydroxyl groups excluding tert-OH is 1. The lowest BCUT2D eigenvalue weighted by molar-refractivity contribution is -0.893. The first-order chi connectivity index (χ1) is 15.9. The molecule has 0 aliphatic rings. The molecule has 0 amide bonds. The van der Waals surface area contributed by atoms with E-state index in [2.05, 4.69) is 21.0 Å². The zero-order chi connectivity index (χ0) is 24.6. The average molecular weight is 471 g/mol. The molecule has 0 heterocycles. The van der Waals surface area contributed by atoms with Crippen molar-refractivity contribution in [3.8, 4) is 0 Å². The molecular weight excluding hydrogens is 410 g/mol. The zero-order valence-electron chi connectivity index (χ0n) is 22.8. The maximum Gasteiger partial charge on any atom is 0.303 e. The molecule has 0 aromatic heterocycles. The lowest BCUT2D eigenvalue weighted by Gasteiger charge is -2.32. The summed E-state index contributed by atoms with van der Waals surface area (Å²) >= 11 is 0. The number of carboxylic acid groups (broad SMARTS) is 1. The number of quaternary nitrogens is 1. The van der Waals surface area contributed by atoms with Gasteiger partial charge in [0.05, 0.1) is 20.6 Å². The number of rotatable bonds is 26. The summed E-state index contributed by atoms with van der Waals surface area (Å²) in [6, 6.07) is 0. The molecule has 0 aliphatic heterocycles. The number of hydrogen-bond acceptors (Lipinski definition) is 2. The lowest BCUT2D eigenvalue weighted by atomic mass is 10.0. The van der Waals surface area contributed by atoms with Crippen LogP contribution in [-0.4, -0.2) is 54.0 Å². The van der Waals surface area contributed by atoms with Gasteiger partial charge in [-0.1, -0.05) is 116 Å². The number of hydrogen-bond donors (Lipinski definition) is 2. The first-order valence-electron chi connectivity index (χ1n) is 14.6. The Kier molecular flexibility index (Phi) is 22.7. The van der Waals surface area contributed by atoms with Crippen molar-refractivity contribution in [2.45, 2.75) is 154 Å². The number of carbonyl (C=O) groups is 1. The van der Waals surface area contributed by atoms with Crippen LogP contribution in [0.15, 0.2) is 0 Å². The molecule has 33 heavy (non-hydrogen) atoms. The molecule has 4 nitrogen and oxygen atoms in total. The highest BCUT2D eigenvalue weighted by molar-refractivity contribution is 5.66. The van der Waals surface area contributed by atoms with Gasteiger partial charge < -0.3 is 14.7 Å². The molecule has 1 unspecified atom stereocenters. The fourth-order valence-corrected chi connectivity index (χ4v) is 4.85. The van der Waals surface area contributed by atoms with Crippen molar-refractivity contribution in [3.05, 3.63) is 0 Å². The van der Waals surface area contributed by atoms with Gasteiger partial charge in [0.25, 0.3) is 0 Å². The minimum atomic E-state index is -0.691. The van der Waals surface area contributed by atoms with Crippen molar-refractivity contribution in [2.24, 2.45) is 0 Å². The number of carboxylic acids is 1. The van der Waals surface area contributed by atoms with E-state index in [1.165, 1.54) is 96.3 Å². The standard InChI is InChI=1S/C29H59NO3/c1-4-5-6-7-8-9-10-11-12-13-14-15-16-17-18-21-24-28(31)27-30(2,3)26-23-20-19-22-25-29(32)33/h28,31H,4-27H2,1-3H3/p+1. The maximum atomic E-state index is 10.5. The molecule has 0 fully saturated rings. The Labute approximate surface area is 207 Å². The highest BCUT2D eigenvalue weighted by atomic mass is 16.4. The summed E-state index contributed by atoms with van der Waals surface area (Å²) in [4.78, 5) is 10.5. The van der Waals surface area contributed by atoms with Crippen molar-refractivity contribution in [2.75, 3.05) is 27.2 Å². The van der Waals surface area contributed by atoms with E-state index in [0.29, 0.717) is 0 Å². The van der Waals surface area contributed by atoms with Crippen LogP contribution in [0.1, 0.15) is 148 Å². The lowest BCUT2D eigenvalue weighted by Crippen LogP contribution is -2.45. The normalized spacial score (nSPS) is 12.8. The van der Waals surface area contributed by atoms with Crippen LogP contribution in [0.2, 0.25) is 0 Å². The highest BCUT2D eigenvalue weighted by Gasteiger charge is 2.19. The molecular formula is C29H60NO3+. The van der Waals surface area contributed by atoms with Crippen LogP contribution in [0.4, 0.5) is 0 Å². The second kappa shape index (κ2) is 23.1. The minimum absolute atomic E-state index is 0.196. The topological polar surface area (TPSA) is 57.5 Å². The van der Waals surface area contributed by atoms with Crippen LogP contribution in [0.25, 0.3) is 0 Å². The van der Waals surface area contributed by atoms with Gasteiger partial charge in [-0.15, -0.1) is 0 Å². The predicted octanol–water partition coefficient (Wildman–Crippen LogP) is 8.11. The van der Waals surface area contributed by atoms with E-state index >= 15 is 0 Å². The molecule has 1 atom stereocenters. The van der Waals surface area contributed by atoms with Gasteiger partial charge in [0, 0.05) is 6.42 Å². The summed E-state index contributed by atoms with van der Waals surface area (Å²) in [5, 5.41) is 19.1. The smallest absolute Gasteiger partial charge is 0.303 e. The Bertz CT molecular complexity index is 425. The van der Waals surface area contributed by atoms with Crippen molar-refractivity contribution in [1.82, 2.24) is 0 Å². The summed E-state index contributed by atoms with van der Waals surface area (Å²) in [7, 11) is 4.40. The molecule has 0 aliphatic carbocycles. The van der Waals surface area contributed by atoms with E-state index in [-0.39, 0.29) is 12.5 Å². The van der Waals surface area contributed by atoms with E-state index in [9.17, 15) is 9.90 Å². The Morgan fingerprint density at radius 2 is 1.03 bits per heavy atom. The van der Waals surface area contributed by atoms with E-state index in [1.807, 2.05) is 0 Å². The second-order valence-corrected chi connectivity index (χ2v) is 11.1. The molecule has 0 aromatic rings. The Balaban J connectivity index is 3.40. The van der Waals surface area contributed by atoms with E-state index < -0.39 is 5.97 Å². The Morgan fingerprint density at radius 1 is 0.636 bits per heavy atom. The third-order valence-electron chi connectivity index (χ3n) is 7.00. The largest absolute Gasteiger partial charge is 0.481 e. The number of likely N-dealkylation sites (N-methyl/N-ethyl adjacent to an activating group) is 1. The maximum absolute atomic E-state index is 10.5. The zero-order valence-corrected chi connectivity index (χ0v) is 22.8. The number of nitrogens with zero attached hydrogens (tertiary/aromatic N) is 1. The summed E-state index contributed by atoms with van der Waals surface area (Å²) in [5.74, 6) is -0.691. The van der Waals surface area contributed by atoms with Gasteiger partial charge in [-0.25, -0.2) is 0 Å². The van der Waals surface area contributed by atoms with Crippen LogP contribution in [0, 0.1) is 0 Å².